The molecule has 1 aromatic heterocycles. The average molecular weight is 235 g/mol. The van der Waals surface area contributed by atoms with Gasteiger partial charge in [-0.3, -0.25) is 14.9 Å². The van der Waals surface area contributed by atoms with Gasteiger partial charge in [0, 0.05) is 6.07 Å². The molecule has 0 fully saturated rings. The van der Waals surface area contributed by atoms with Crippen LogP contribution < -0.4 is 11.1 Å². The molecule has 3 N–H and O–H groups in total. The van der Waals surface area contributed by atoms with E-state index < -0.39 is 16.9 Å². The number of amides is 1. The van der Waals surface area contributed by atoms with Gasteiger partial charge in [0.05, 0.1) is 4.92 Å². The van der Waals surface area contributed by atoms with Crippen molar-refractivity contribution in [3.05, 3.63) is 27.9 Å². The van der Waals surface area contributed by atoms with E-state index in [1.807, 2.05) is 0 Å². The number of hydrogen-bond acceptors (Lipinski definition) is 6. The van der Waals surface area contributed by atoms with Gasteiger partial charge < -0.3 is 11.1 Å². The Bertz CT molecular complexity index is 508. The van der Waals surface area contributed by atoms with Crippen molar-refractivity contribution in [1.82, 2.24) is 4.98 Å². The number of carbonyl (C=O) groups excluding carboxylic acids is 1. The van der Waals surface area contributed by atoms with Gasteiger partial charge in [0.15, 0.2) is 0 Å². The number of nitro groups is 1. The topological polar surface area (TPSA) is 135 Å². The van der Waals surface area contributed by atoms with Crippen molar-refractivity contribution in [2.24, 2.45) is 5.73 Å². The van der Waals surface area contributed by atoms with Crippen molar-refractivity contribution in [3.63, 3.8) is 0 Å². The Hall–Kier alpha value is -2.69. The van der Waals surface area contributed by atoms with E-state index in [2.05, 4.69) is 10.3 Å². The Balaban J connectivity index is 3.06. The van der Waals surface area contributed by atoms with Crippen molar-refractivity contribution in [3.8, 4) is 6.07 Å². The van der Waals surface area contributed by atoms with Gasteiger partial charge in [-0.15, -0.1) is 0 Å². The summed E-state index contributed by atoms with van der Waals surface area (Å²) >= 11 is 0. The van der Waals surface area contributed by atoms with Gasteiger partial charge in [-0.25, -0.2) is 4.98 Å². The predicted octanol–water partition coefficient (Wildman–Crippen LogP) is 0.147. The minimum Gasteiger partial charge on any atom is -0.368 e. The van der Waals surface area contributed by atoms with E-state index in [-0.39, 0.29) is 17.1 Å². The number of hydrogen-bond donors (Lipinski definition) is 2. The van der Waals surface area contributed by atoms with Crippen LogP contribution in [0, 0.1) is 21.4 Å². The summed E-state index contributed by atoms with van der Waals surface area (Å²) in [7, 11) is 0. The number of carbonyl (C=O) groups is 1. The molecule has 0 saturated heterocycles. The Kier molecular flexibility index (Phi) is 3.56. The predicted molar refractivity (Wildman–Crippen MR) is 57.9 cm³/mol. The molecular formula is C9H9N5O3. The molecule has 0 aromatic carbocycles. The van der Waals surface area contributed by atoms with Crippen molar-refractivity contribution in [2.75, 3.05) is 5.32 Å². The number of anilines is 1. The molecule has 0 aliphatic carbocycles. The lowest BCUT2D eigenvalue weighted by Crippen LogP contribution is -2.33. The third kappa shape index (κ3) is 2.88. The fourth-order valence-electron chi connectivity index (χ4n) is 1.03. The van der Waals surface area contributed by atoms with Crippen LogP contribution in [-0.2, 0) is 4.79 Å². The minimum atomic E-state index is -0.726. The standard InChI is InChI=1S/C9H9N5O3/c1-5(8(11)15)13-9-6(3-10)2-7(4-12-9)14(16)17/h2,4-5H,1H3,(H2,11,15)(H,12,13). The first-order chi connectivity index (χ1) is 7.95. The zero-order valence-corrected chi connectivity index (χ0v) is 8.88. The van der Waals surface area contributed by atoms with E-state index in [4.69, 9.17) is 11.0 Å². The van der Waals surface area contributed by atoms with Crippen LogP contribution in [0.1, 0.15) is 12.5 Å². The monoisotopic (exact) mass is 235 g/mol. The molecule has 88 valence electrons. The third-order valence-corrected chi connectivity index (χ3v) is 1.98. The third-order valence-electron chi connectivity index (χ3n) is 1.98. The van der Waals surface area contributed by atoms with Crippen molar-refractivity contribution < 1.29 is 9.72 Å². The van der Waals surface area contributed by atoms with Gasteiger partial charge in [-0.2, -0.15) is 5.26 Å². The molecule has 1 heterocycles. The number of nitrogens with two attached hydrogens (primary N) is 1. The van der Waals surface area contributed by atoms with E-state index in [0.29, 0.717) is 0 Å². The highest BCUT2D eigenvalue weighted by atomic mass is 16.6. The molecule has 0 spiro atoms. The second kappa shape index (κ2) is 4.89. The first-order valence-corrected chi connectivity index (χ1v) is 4.56. The summed E-state index contributed by atoms with van der Waals surface area (Å²) in [6, 6.07) is 2.10. The number of nitrogens with one attached hydrogen (secondary N) is 1. The zero-order valence-electron chi connectivity index (χ0n) is 8.88. The summed E-state index contributed by atoms with van der Waals surface area (Å²) in [5.41, 5.74) is 4.72. The van der Waals surface area contributed by atoms with E-state index in [9.17, 15) is 14.9 Å². The van der Waals surface area contributed by atoms with Crippen LogP contribution in [0.2, 0.25) is 0 Å². The number of aromatic nitrogens is 1. The molecule has 1 rings (SSSR count). The average Bonchev–Trinajstić information content (AvgIpc) is 2.28. The van der Waals surface area contributed by atoms with Crippen molar-refractivity contribution in [1.29, 1.82) is 5.26 Å². The second-order valence-corrected chi connectivity index (χ2v) is 3.23. The van der Waals surface area contributed by atoms with Crippen LogP contribution in [0.25, 0.3) is 0 Å². The van der Waals surface area contributed by atoms with Crippen LogP contribution in [0.5, 0.6) is 0 Å². The lowest BCUT2D eigenvalue weighted by Gasteiger charge is -2.11. The number of nitrogens with zero attached hydrogens (tertiary/aromatic N) is 3. The van der Waals surface area contributed by atoms with Crippen molar-refractivity contribution in [2.45, 2.75) is 13.0 Å². The minimum absolute atomic E-state index is 0.0210. The molecule has 8 heteroatoms. The lowest BCUT2D eigenvalue weighted by atomic mass is 10.2. The van der Waals surface area contributed by atoms with Gasteiger partial charge >= 0.3 is 0 Å². The van der Waals surface area contributed by atoms with E-state index in [1.165, 1.54) is 6.92 Å². The number of pyridine rings is 1. The highest BCUT2D eigenvalue weighted by molar-refractivity contribution is 5.82. The summed E-state index contributed by atoms with van der Waals surface area (Å²) in [4.78, 5) is 24.3. The zero-order chi connectivity index (χ0) is 13.0. The fraction of sp³-hybridized carbons (Fsp3) is 0.222. The van der Waals surface area contributed by atoms with Gasteiger partial charge in [0.1, 0.15) is 29.7 Å². The molecule has 0 aliphatic rings. The maximum atomic E-state index is 10.8. The first-order valence-electron chi connectivity index (χ1n) is 4.56. The molecule has 1 aromatic rings. The van der Waals surface area contributed by atoms with Gasteiger partial charge in [0.2, 0.25) is 5.91 Å². The van der Waals surface area contributed by atoms with E-state index in [1.54, 1.807) is 6.07 Å². The second-order valence-electron chi connectivity index (χ2n) is 3.23. The Labute approximate surface area is 96.2 Å². The van der Waals surface area contributed by atoms with E-state index in [0.717, 1.165) is 12.3 Å². The molecule has 0 radical (unpaired) electrons. The first kappa shape index (κ1) is 12.4. The Morgan fingerprint density at radius 3 is 2.88 bits per heavy atom. The number of nitriles is 1. The normalized spacial score (nSPS) is 11.3. The smallest absolute Gasteiger partial charge is 0.289 e. The molecule has 8 nitrogen and oxygen atoms in total. The van der Waals surface area contributed by atoms with Crippen LogP contribution in [0.3, 0.4) is 0 Å². The molecule has 0 aliphatic heterocycles. The highest BCUT2D eigenvalue weighted by Crippen LogP contribution is 2.18. The van der Waals surface area contributed by atoms with Gasteiger partial charge in [0.25, 0.3) is 5.69 Å². The SMILES string of the molecule is CC(Nc1ncc([N+](=O)[O-])cc1C#N)C(N)=O. The van der Waals surface area contributed by atoms with Crippen LogP contribution >= 0.6 is 0 Å². The molecular weight excluding hydrogens is 226 g/mol. The molecule has 1 amide bonds. The lowest BCUT2D eigenvalue weighted by molar-refractivity contribution is -0.385. The highest BCUT2D eigenvalue weighted by Gasteiger charge is 2.15. The molecule has 0 saturated carbocycles. The molecule has 17 heavy (non-hydrogen) atoms. The quantitative estimate of drug-likeness (QED) is 0.563. The number of rotatable bonds is 4. The maximum absolute atomic E-state index is 10.8. The molecule has 0 bridgehead atoms. The summed E-state index contributed by atoms with van der Waals surface area (Å²) in [5.74, 6) is -0.529. The van der Waals surface area contributed by atoms with Crippen molar-refractivity contribution >= 4 is 17.4 Å². The maximum Gasteiger partial charge on any atom is 0.289 e. The Morgan fingerprint density at radius 2 is 2.41 bits per heavy atom. The summed E-state index contributed by atoms with van der Waals surface area (Å²) < 4.78 is 0. The molecule has 1 unspecified atom stereocenters. The summed E-state index contributed by atoms with van der Waals surface area (Å²) in [6.07, 6.45) is 0.997. The molecule has 1 atom stereocenters. The van der Waals surface area contributed by atoms with Gasteiger partial charge in [-0.05, 0) is 6.92 Å². The fourth-order valence-corrected chi connectivity index (χ4v) is 1.03. The van der Waals surface area contributed by atoms with Gasteiger partial charge in [-0.1, -0.05) is 0 Å². The largest absolute Gasteiger partial charge is 0.368 e. The van der Waals surface area contributed by atoms with Crippen LogP contribution in [-0.4, -0.2) is 21.9 Å². The summed E-state index contributed by atoms with van der Waals surface area (Å²) in [5, 5.41) is 21.9. The Morgan fingerprint density at radius 1 is 1.76 bits per heavy atom. The van der Waals surface area contributed by atoms with Crippen LogP contribution in [0.4, 0.5) is 11.5 Å². The number of primary amides is 1. The summed E-state index contributed by atoms with van der Waals surface area (Å²) in [6.45, 7) is 1.49. The van der Waals surface area contributed by atoms with Crippen LogP contribution in [0.15, 0.2) is 12.3 Å². The van der Waals surface area contributed by atoms with E-state index >= 15 is 0 Å².